The number of aryl methyl sites for hydroxylation is 1. The average molecular weight is 405 g/mol. The van der Waals surface area contributed by atoms with Crippen LogP contribution in [0.2, 0.25) is 0 Å². The Morgan fingerprint density at radius 2 is 1.77 bits per heavy atom. The van der Waals surface area contributed by atoms with Crippen LogP contribution in [0.1, 0.15) is 17.5 Å². The fraction of sp³-hybridized carbons (Fsp3) is 0.320. The number of terminal acetylenes is 2. The molecule has 156 valence electrons. The topological polar surface area (TPSA) is 56.8 Å². The standard InChI is InChI=1S/C25H27NO4/c1-4-17-29-22-13-12-21(19-24(22)28-3)15-16-26-25(27)23(30-18-5-2)14-11-20-9-7-6-8-10-20/h1-2,6-10,12-13,19,23H,11,14-18H2,3H3,(H,26,27). The van der Waals surface area contributed by atoms with Crippen LogP contribution in [0.5, 0.6) is 11.5 Å². The highest BCUT2D eigenvalue weighted by atomic mass is 16.5. The molecule has 0 radical (unpaired) electrons. The molecule has 0 aromatic heterocycles. The summed E-state index contributed by atoms with van der Waals surface area (Å²) >= 11 is 0. The van der Waals surface area contributed by atoms with Crippen LogP contribution in [0, 0.1) is 24.7 Å². The fourth-order valence-corrected chi connectivity index (χ4v) is 2.93. The van der Waals surface area contributed by atoms with Gasteiger partial charge in [0.15, 0.2) is 11.5 Å². The molecule has 1 atom stereocenters. The molecule has 0 aliphatic heterocycles. The number of methoxy groups -OCH3 is 1. The lowest BCUT2D eigenvalue weighted by atomic mass is 10.1. The molecule has 1 amide bonds. The summed E-state index contributed by atoms with van der Waals surface area (Å²) in [7, 11) is 1.57. The van der Waals surface area contributed by atoms with Crippen molar-refractivity contribution in [2.45, 2.75) is 25.4 Å². The van der Waals surface area contributed by atoms with Crippen molar-refractivity contribution in [1.29, 1.82) is 0 Å². The van der Waals surface area contributed by atoms with Crippen LogP contribution in [0.25, 0.3) is 0 Å². The van der Waals surface area contributed by atoms with Crippen LogP contribution in [0.15, 0.2) is 48.5 Å². The van der Waals surface area contributed by atoms with E-state index >= 15 is 0 Å². The van der Waals surface area contributed by atoms with E-state index in [1.807, 2.05) is 48.5 Å². The monoisotopic (exact) mass is 405 g/mol. The van der Waals surface area contributed by atoms with Crippen LogP contribution < -0.4 is 14.8 Å². The van der Waals surface area contributed by atoms with Crippen LogP contribution in [0.3, 0.4) is 0 Å². The third kappa shape index (κ3) is 7.54. The molecule has 0 saturated heterocycles. The molecular weight excluding hydrogens is 378 g/mol. The molecule has 1 N–H and O–H groups in total. The Morgan fingerprint density at radius 1 is 1.00 bits per heavy atom. The van der Waals surface area contributed by atoms with Gasteiger partial charge in [-0.05, 0) is 42.5 Å². The van der Waals surface area contributed by atoms with Gasteiger partial charge in [-0.2, -0.15) is 0 Å². The van der Waals surface area contributed by atoms with Gasteiger partial charge < -0.3 is 19.5 Å². The molecule has 0 bridgehead atoms. The first kappa shape index (κ1) is 22.9. The predicted octanol–water partition coefficient (Wildman–Crippen LogP) is 3.02. The van der Waals surface area contributed by atoms with Gasteiger partial charge in [0.1, 0.15) is 19.3 Å². The third-order valence-corrected chi connectivity index (χ3v) is 4.45. The van der Waals surface area contributed by atoms with E-state index in [0.717, 1.165) is 17.5 Å². The Labute approximate surface area is 178 Å². The molecule has 2 rings (SSSR count). The number of amides is 1. The highest BCUT2D eigenvalue weighted by Crippen LogP contribution is 2.28. The van der Waals surface area contributed by atoms with Gasteiger partial charge in [0.2, 0.25) is 5.91 Å². The molecule has 5 heteroatoms. The van der Waals surface area contributed by atoms with Gasteiger partial charge in [0.05, 0.1) is 7.11 Å². The minimum absolute atomic E-state index is 0.100. The predicted molar refractivity (Wildman–Crippen MR) is 117 cm³/mol. The Bertz CT molecular complexity index is 880. The number of ether oxygens (including phenoxy) is 3. The van der Waals surface area contributed by atoms with Crippen molar-refractivity contribution in [3.05, 3.63) is 59.7 Å². The maximum atomic E-state index is 12.6. The zero-order valence-electron chi connectivity index (χ0n) is 17.2. The van der Waals surface area contributed by atoms with Crippen molar-refractivity contribution >= 4 is 5.91 Å². The molecular formula is C25H27NO4. The maximum Gasteiger partial charge on any atom is 0.249 e. The zero-order chi connectivity index (χ0) is 21.6. The minimum atomic E-state index is -0.588. The molecule has 1 unspecified atom stereocenters. The number of rotatable bonds is 12. The normalized spacial score (nSPS) is 11.0. The quantitative estimate of drug-likeness (QED) is 0.552. The fourth-order valence-electron chi connectivity index (χ4n) is 2.93. The van der Waals surface area contributed by atoms with Crippen molar-refractivity contribution < 1.29 is 19.0 Å². The highest BCUT2D eigenvalue weighted by molar-refractivity contribution is 5.80. The summed E-state index contributed by atoms with van der Waals surface area (Å²) in [6.07, 6.45) is 11.9. The molecule has 0 aliphatic carbocycles. The zero-order valence-corrected chi connectivity index (χ0v) is 17.2. The number of nitrogens with one attached hydrogen (secondary N) is 1. The van der Waals surface area contributed by atoms with E-state index in [9.17, 15) is 4.79 Å². The Hall–Kier alpha value is -3.41. The molecule has 2 aromatic carbocycles. The van der Waals surface area contributed by atoms with Gasteiger partial charge in [-0.25, -0.2) is 0 Å². The van der Waals surface area contributed by atoms with Gasteiger partial charge in [0, 0.05) is 6.54 Å². The van der Waals surface area contributed by atoms with Gasteiger partial charge in [-0.15, -0.1) is 12.8 Å². The van der Waals surface area contributed by atoms with E-state index in [4.69, 9.17) is 27.1 Å². The van der Waals surface area contributed by atoms with E-state index in [1.165, 1.54) is 0 Å². The van der Waals surface area contributed by atoms with E-state index in [0.29, 0.717) is 30.9 Å². The molecule has 0 aliphatic rings. The van der Waals surface area contributed by atoms with E-state index in [2.05, 4.69) is 17.2 Å². The van der Waals surface area contributed by atoms with Crippen LogP contribution in [-0.2, 0) is 22.4 Å². The Morgan fingerprint density at radius 3 is 2.47 bits per heavy atom. The largest absolute Gasteiger partial charge is 0.493 e. The van der Waals surface area contributed by atoms with E-state index < -0.39 is 6.10 Å². The summed E-state index contributed by atoms with van der Waals surface area (Å²) < 4.78 is 16.4. The second-order valence-corrected chi connectivity index (χ2v) is 6.55. The van der Waals surface area contributed by atoms with E-state index in [1.54, 1.807) is 7.11 Å². The lowest BCUT2D eigenvalue weighted by Crippen LogP contribution is -2.38. The molecule has 0 heterocycles. The maximum absolute atomic E-state index is 12.6. The Kier molecular flexibility index (Phi) is 9.86. The lowest BCUT2D eigenvalue weighted by Gasteiger charge is -2.17. The van der Waals surface area contributed by atoms with Crippen molar-refractivity contribution in [1.82, 2.24) is 5.32 Å². The molecule has 0 fully saturated rings. The van der Waals surface area contributed by atoms with Crippen molar-refractivity contribution in [3.63, 3.8) is 0 Å². The Balaban J connectivity index is 1.88. The first-order chi connectivity index (χ1) is 14.7. The third-order valence-electron chi connectivity index (χ3n) is 4.45. The molecule has 5 nitrogen and oxygen atoms in total. The lowest BCUT2D eigenvalue weighted by molar-refractivity contribution is -0.132. The number of benzene rings is 2. The summed E-state index contributed by atoms with van der Waals surface area (Å²) in [4.78, 5) is 12.6. The summed E-state index contributed by atoms with van der Waals surface area (Å²) in [5.74, 6) is 5.88. The summed E-state index contributed by atoms with van der Waals surface area (Å²) in [6, 6.07) is 15.6. The average Bonchev–Trinajstić information content (AvgIpc) is 2.78. The van der Waals surface area contributed by atoms with Crippen LogP contribution in [0.4, 0.5) is 0 Å². The van der Waals surface area contributed by atoms with Gasteiger partial charge in [0.25, 0.3) is 0 Å². The van der Waals surface area contributed by atoms with Gasteiger partial charge in [-0.1, -0.05) is 48.2 Å². The van der Waals surface area contributed by atoms with Crippen molar-refractivity contribution in [2.75, 3.05) is 26.9 Å². The number of hydrogen-bond donors (Lipinski definition) is 1. The first-order valence-electron chi connectivity index (χ1n) is 9.77. The second-order valence-electron chi connectivity index (χ2n) is 6.55. The van der Waals surface area contributed by atoms with Crippen LogP contribution >= 0.6 is 0 Å². The van der Waals surface area contributed by atoms with Gasteiger partial charge >= 0.3 is 0 Å². The van der Waals surface area contributed by atoms with E-state index in [-0.39, 0.29) is 19.1 Å². The van der Waals surface area contributed by atoms with Crippen LogP contribution in [-0.4, -0.2) is 38.9 Å². The number of carbonyl (C=O) groups is 1. The summed E-state index contributed by atoms with van der Waals surface area (Å²) in [5, 5.41) is 2.93. The minimum Gasteiger partial charge on any atom is -0.493 e. The number of carbonyl (C=O) groups excluding carboxylic acids is 1. The molecule has 0 spiro atoms. The highest BCUT2D eigenvalue weighted by Gasteiger charge is 2.18. The first-order valence-corrected chi connectivity index (χ1v) is 9.77. The summed E-state index contributed by atoms with van der Waals surface area (Å²) in [5.41, 5.74) is 2.16. The second kappa shape index (κ2) is 12.9. The number of hydrogen-bond acceptors (Lipinski definition) is 4. The SMILES string of the molecule is C#CCOc1ccc(CCNC(=O)C(CCc2ccccc2)OCC#C)cc1OC. The molecule has 30 heavy (non-hydrogen) atoms. The molecule has 0 saturated carbocycles. The summed E-state index contributed by atoms with van der Waals surface area (Å²) in [6.45, 7) is 0.741. The van der Waals surface area contributed by atoms with Crippen molar-refractivity contribution in [3.8, 4) is 36.2 Å². The smallest absolute Gasteiger partial charge is 0.249 e. The van der Waals surface area contributed by atoms with Crippen molar-refractivity contribution in [2.24, 2.45) is 0 Å². The molecule has 2 aromatic rings. The van der Waals surface area contributed by atoms with Gasteiger partial charge in [-0.3, -0.25) is 4.79 Å².